The fourth-order valence-electron chi connectivity index (χ4n) is 3.86. The van der Waals surface area contributed by atoms with Gasteiger partial charge in [-0.15, -0.1) is 0 Å². The van der Waals surface area contributed by atoms with Crippen LogP contribution in [0.4, 0.5) is 0 Å². The Morgan fingerprint density at radius 3 is 2.64 bits per heavy atom. The van der Waals surface area contributed by atoms with Gasteiger partial charge in [0.2, 0.25) is 0 Å². The maximum atomic E-state index is 3.72. The fourth-order valence-corrected chi connectivity index (χ4v) is 3.86. The van der Waals surface area contributed by atoms with Crippen LogP contribution < -0.4 is 5.32 Å². The number of fused-ring (bicyclic) bond motifs is 3. The van der Waals surface area contributed by atoms with E-state index in [4.69, 9.17) is 0 Å². The van der Waals surface area contributed by atoms with Crippen LogP contribution in [0.3, 0.4) is 0 Å². The van der Waals surface area contributed by atoms with Crippen molar-refractivity contribution in [3.8, 4) is 0 Å². The van der Waals surface area contributed by atoms with Crippen molar-refractivity contribution in [2.45, 2.75) is 33.2 Å². The Morgan fingerprint density at radius 2 is 1.82 bits per heavy atom. The number of aromatic amines is 1. The van der Waals surface area contributed by atoms with Gasteiger partial charge in [-0.2, -0.15) is 0 Å². The van der Waals surface area contributed by atoms with Crippen LogP contribution in [0, 0.1) is 20.8 Å². The summed E-state index contributed by atoms with van der Waals surface area (Å²) in [5.41, 5.74) is 9.56. The van der Waals surface area contributed by atoms with E-state index >= 15 is 0 Å². The van der Waals surface area contributed by atoms with Crippen molar-refractivity contribution in [3.63, 3.8) is 0 Å². The molecule has 0 saturated carbocycles. The SMILES string of the molecule is Cc1cc(C)c2[nH]c3c(c2c1)CCNC3c1ccccc1C. The van der Waals surface area contributed by atoms with E-state index in [9.17, 15) is 0 Å². The van der Waals surface area contributed by atoms with Gasteiger partial charge in [0.25, 0.3) is 0 Å². The topological polar surface area (TPSA) is 27.8 Å². The van der Waals surface area contributed by atoms with Gasteiger partial charge in [-0.1, -0.05) is 35.9 Å². The zero-order valence-corrected chi connectivity index (χ0v) is 13.5. The Bertz CT molecular complexity index is 858. The monoisotopic (exact) mass is 290 g/mol. The maximum absolute atomic E-state index is 3.72. The zero-order chi connectivity index (χ0) is 15.3. The molecule has 3 aromatic rings. The molecule has 1 aromatic heterocycles. The van der Waals surface area contributed by atoms with Gasteiger partial charge in [0.05, 0.1) is 6.04 Å². The second-order valence-electron chi connectivity index (χ2n) is 6.52. The van der Waals surface area contributed by atoms with Crippen molar-refractivity contribution < 1.29 is 0 Å². The van der Waals surface area contributed by atoms with Gasteiger partial charge in [0.15, 0.2) is 0 Å². The minimum Gasteiger partial charge on any atom is -0.356 e. The van der Waals surface area contributed by atoms with Crippen molar-refractivity contribution in [3.05, 3.63) is 69.9 Å². The average molecular weight is 290 g/mol. The molecule has 4 rings (SSSR count). The third-order valence-electron chi connectivity index (χ3n) is 4.90. The summed E-state index contributed by atoms with van der Waals surface area (Å²) in [6.07, 6.45) is 1.10. The van der Waals surface area contributed by atoms with E-state index in [1.54, 1.807) is 0 Å². The molecule has 0 amide bonds. The third kappa shape index (κ3) is 1.98. The lowest BCUT2D eigenvalue weighted by atomic mass is 9.91. The first kappa shape index (κ1) is 13.6. The molecule has 2 heteroatoms. The molecule has 112 valence electrons. The summed E-state index contributed by atoms with van der Waals surface area (Å²) in [7, 11) is 0. The number of nitrogens with one attached hydrogen (secondary N) is 2. The van der Waals surface area contributed by atoms with E-state index in [2.05, 4.69) is 67.5 Å². The average Bonchev–Trinajstić information content (AvgIpc) is 2.87. The highest BCUT2D eigenvalue weighted by atomic mass is 15.0. The van der Waals surface area contributed by atoms with Gasteiger partial charge in [-0.05, 0) is 55.5 Å². The Hall–Kier alpha value is -2.06. The number of aryl methyl sites for hydroxylation is 3. The Labute approximate surface area is 131 Å². The molecule has 0 fully saturated rings. The first-order valence-electron chi connectivity index (χ1n) is 8.06. The maximum Gasteiger partial charge on any atom is 0.0734 e. The lowest BCUT2D eigenvalue weighted by molar-refractivity contribution is 0.558. The van der Waals surface area contributed by atoms with Crippen LogP contribution in [-0.4, -0.2) is 11.5 Å². The Balaban J connectivity index is 1.95. The molecule has 0 spiro atoms. The van der Waals surface area contributed by atoms with Crippen LogP contribution >= 0.6 is 0 Å². The van der Waals surface area contributed by atoms with E-state index in [0.717, 1.165) is 13.0 Å². The number of H-pyrrole nitrogens is 1. The molecule has 0 aliphatic carbocycles. The van der Waals surface area contributed by atoms with Crippen LogP contribution in [-0.2, 0) is 6.42 Å². The molecule has 2 heterocycles. The summed E-state index contributed by atoms with van der Waals surface area (Å²) in [5, 5.41) is 5.11. The fraction of sp³-hybridized carbons (Fsp3) is 0.300. The van der Waals surface area contributed by atoms with Gasteiger partial charge in [0.1, 0.15) is 0 Å². The van der Waals surface area contributed by atoms with E-state index in [-0.39, 0.29) is 6.04 Å². The summed E-state index contributed by atoms with van der Waals surface area (Å²) >= 11 is 0. The van der Waals surface area contributed by atoms with Crippen LogP contribution in [0.15, 0.2) is 36.4 Å². The summed E-state index contributed by atoms with van der Waals surface area (Å²) in [6.45, 7) is 7.62. The molecule has 0 radical (unpaired) electrons. The predicted octanol–water partition coefficient (Wildman–Crippen LogP) is 4.33. The molecule has 1 unspecified atom stereocenters. The molecular formula is C20H22N2. The van der Waals surface area contributed by atoms with Crippen LogP contribution in [0.2, 0.25) is 0 Å². The number of hydrogen-bond donors (Lipinski definition) is 2. The van der Waals surface area contributed by atoms with Crippen molar-refractivity contribution >= 4 is 10.9 Å². The highest BCUT2D eigenvalue weighted by Gasteiger charge is 2.26. The molecule has 1 atom stereocenters. The predicted molar refractivity (Wildman–Crippen MR) is 92.5 cm³/mol. The standard InChI is InChI=1S/C20H22N2/c1-12-10-14(3)18-17(11-12)16-8-9-21-19(20(16)22-18)15-7-5-4-6-13(15)2/h4-7,10-11,19,21-22H,8-9H2,1-3H3. The molecule has 1 aliphatic heterocycles. The van der Waals surface area contributed by atoms with Crippen molar-refractivity contribution in [1.29, 1.82) is 0 Å². The third-order valence-corrected chi connectivity index (χ3v) is 4.90. The van der Waals surface area contributed by atoms with E-state index < -0.39 is 0 Å². The molecule has 2 aromatic carbocycles. The summed E-state index contributed by atoms with van der Waals surface area (Å²) in [6, 6.07) is 13.6. The molecule has 0 saturated heterocycles. The second kappa shape index (κ2) is 4.99. The Kier molecular flexibility index (Phi) is 3.08. The highest BCUT2D eigenvalue weighted by molar-refractivity contribution is 5.88. The quantitative estimate of drug-likeness (QED) is 0.686. The molecule has 22 heavy (non-hydrogen) atoms. The molecule has 0 bridgehead atoms. The first-order valence-corrected chi connectivity index (χ1v) is 8.06. The lowest BCUT2D eigenvalue weighted by Crippen LogP contribution is -2.30. The zero-order valence-electron chi connectivity index (χ0n) is 13.5. The van der Waals surface area contributed by atoms with Gasteiger partial charge in [-0.3, -0.25) is 0 Å². The second-order valence-corrected chi connectivity index (χ2v) is 6.52. The first-order chi connectivity index (χ1) is 10.6. The van der Waals surface area contributed by atoms with Gasteiger partial charge < -0.3 is 10.3 Å². The summed E-state index contributed by atoms with van der Waals surface area (Å²) in [5.74, 6) is 0. The summed E-state index contributed by atoms with van der Waals surface area (Å²) in [4.78, 5) is 3.72. The van der Waals surface area contributed by atoms with Crippen molar-refractivity contribution in [1.82, 2.24) is 10.3 Å². The van der Waals surface area contributed by atoms with Crippen LogP contribution in [0.5, 0.6) is 0 Å². The number of hydrogen-bond acceptors (Lipinski definition) is 1. The van der Waals surface area contributed by atoms with E-state index in [1.165, 1.54) is 44.4 Å². The van der Waals surface area contributed by atoms with Crippen LogP contribution in [0.1, 0.15) is 39.6 Å². The normalized spacial score (nSPS) is 17.7. The minimum atomic E-state index is 0.275. The van der Waals surface area contributed by atoms with Crippen molar-refractivity contribution in [2.24, 2.45) is 0 Å². The van der Waals surface area contributed by atoms with Gasteiger partial charge in [0, 0.05) is 23.1 Å². The Morgan fingerprint density at radius 1 is 1.00 bits per heavy atom. The molecule has 1 aliphatic rings. The largest absolute Gasteiger partial charge is 0.356 e. The van der Waals surface area contributed by atoms with E-state index in [1.807, 2.05) is 0 Å². The number of benzene rings is 2. The number of rotatable bonds is 1. The van der Waals surface area contributed by atoms with Crippen molar-refractivity contribution in [2.75, 3.05) is 6.54 Å². The lowest BCUT2D eigenvalue weighted by Gasteiger charge is -2.26. The molecule has 2 nitrogen and oxygen atoms in total. The molecular weight excluding hydrogens is 268 g/mol. The number of aromatic nitrogens is 1. The minimum absolute atomic E-state index is 0.275. The van der Waals surface area contributed by atoms with E-state index in [0.29, 0.717) is 0 Å². The smallest absolute Gasteiger partial charge is 0.0734 e. The van der Waals surface area contributed by atoms with Crippen LogP contribution in [0.25, 0.3) is 10.9 Å². The van der Waals surface area contributed by atoms with Gasteiger partial charge in [-0.25, -0.2) is 0 Å². The van der Waals surface area contributed by atoms with Gasteiger partial charge >= 0.3 is 0 Å². The highest BCUT2D eigenvalue weighted by Crippen LogP contribution is 2.35. The molecule has 2 N–H and O–H groups in total. The summed E-state index contributed by atoms with van der Waals surface area (Å²) < 4.78 is 0.